The van der Waals surface area contributed by atoms with Gasteiger partial charge in [0.25, 0.3) is 5.91 Å². The van der Waals surface area contributed by atoms with Crippen molar-refractivity contribution in [2.24, 2.45) is 0 Å². The Morgan fingerprint density at radius 2 is 2.25 bits per heavy atom. The number of nitrogens with one attached hydrogen (secondary N) is 1. The number of carbonyl (C=O) groups excluding carboxylic acids is 1. The van der Waals surface area contributed by atoms with Gasteiger partial charge < -0.3 is 5.11 Å². The number of halogens is 2. The largest absolute Gasteiger partial charge is 0.391 e. The van der Waals surface area contributed by atoms with Crippen LogP contribution in [0.3, 0.4) is 0 Å². The lowest BCUT2D eigenvalue weighted by Gasteiger charge is -2.07. The monoisotopic (exact) mass is 231 g/mol. The maximum absolute atomic E-state index is 13.1. The lowest BCUT2D eigenvalue weighted by atomic mass is 10.2. The van der Waals surface area contributed by atoms with Gasteiger partial charge in [-0.25, -0.2) is 14.3 Å². The minimum atomic E-state index is -1.24. The summed E-state index contributed by atoms with van der Waals surface area (Å²) in [5, 5.41) is 8.82. The van der Waals surface area contributed by atoms with E-state index in [2.05, 4.69) is 4.84 Å². The predicted molar refractivity (Wildman–Crippen MR) is 51.5 cm³/mol. The van der Waals surface area contributed by atoms with E-state index in [0.29, 0.717) is 0 Å². The zero-order chi connectivity index (χ0) is 12.1. The van der Waals surface area contributed by atoms with Gasteiger partial charge in [0.05, 0.1) is 11.7 Å². The molecule has 0 aliphatic rings. The minimum absolute atomic E-state index is 0.136. The van der Waals surface area contributed by atoms with Gasteiger partial charge in [0.15, 0.2) is 11.6 Å². The van der Waals surface area contributed by atoms with Gasteiger partial charge in [-0.2, -0.15) is 0 Å². The summed E-state index contributed by atoms with van der Waals surface area (Å²) >= 11 is 0. The summed E-state index contributed by atoms with van der Waals surface area (Å²) in [5.41, 5.74) is 1.44. The number of benzene rings is 1. The molecule has 1 atom stereocenters. The summed E-state index contributed by atoms with van der Waals surface area (Å²) in [6.07, 6.45) is -0.766. The molecule has 0 aliphatic carbocycles. The molecule has 0 saturated carbocycles. The molecule has 4 nitrogen and oxygen atoms in total. The van der Waals surface area contributed by atoms with E-state index in [1.54, 1.807) is 0 Å². The summed E-state index contributed by atoms with van der Waals surface area (Å²) in [6.45, 7) is 1.32. The quantitative estimate of drug-likeness (QED) is 0.760. The van der Waals surface area contributed by atoms with Crippen LogP contribution in [0.1, 0.15) is 17.3 Å². The zero-order valence-corrected chi connectivity index (χ0v) is 8.54. The Morgan fingerprint density at radius 1 is 1.56 bits per heavy atom. The highest BCUT2D eigenvalue weighted by Gasteiger charge is 2.14. The highest BCUT2D eigenvalue weighted by atomic mass is 19.2. The number of hydrogen-bond donors (Lipinski definition) is 2. The molecule has 0 spiro atoms. The van der Waals surface area contributed by atoms with Crippen LogP contribution in [0.15, 0.2) is 18.2 Å². The minimum Gasteiger partial charge on any atom is -0.391 e. The van der Waals surface area contributed by atoms with Crippen molar-refractivity contribution in [3.63, 3.8) is 0 Å². The number of amides is 1. The van der Waals surface area contributed by atoms with Crippen molar-refractivity contribution >= 4 is 5.91 Å². The third kappa shape index (κ3) is 3.25. The fourth-order valence-electron chi connectivity index (χ4n) is 0.962. The van der Waals surface area contributed by atoms with Crippen LogP contribution in [0.5, 0.6) is 0 Å². The van der Waals surface area contributed by atoms with E-state index in [1.165, 1.54) is 13.0 Å². The first kappa shape index (κ1) is 12.5. The average molecular weight is 231 g/mol. The third-order valence-corrected chi connectivity index (χ3v) is 1.69. The average Bonchev–Trinajstić information content (AvgIpc) is 2.21. The highest BCUT2D eigenvalue weighted by Crippen LogP contribution is 2.10. The van der Waals surface area contributed by atoms with Gasteiger partial charge in [-0.05, 0) is 19.1 Å². The molecule has 1 aromatic carbocycles. The number of aliphatic hydroxyl groups excluding tert-OH is 1. The number of carbonyl (C=O) groups is 1. The zero-order valence-electron chi connectivity index (χ0n) is 8.54. The lowest BCUT2D eigenvalue weighted by Crippen LogP contribution is -2.28. The molecule has 0 bridgehead atoms. The molecule has 0 heterocycles. The van der Waals surface area contributed by atoms with E-state index in [9.17, 15) is 13.6 Å². The fourth-order valence-corrected chi connectivity index (χ4v) is 0.962. The molecule has 0 fully saturated rings. The van der Waals surface area contributed by atoms with Crippen molar-refractivity contribution in [2.45, 2.75) is 13.0 Å². The predicted octanol–water partition coefficient (Wildman–Crippen LogP) is 1.01. The summed E-state index contributed by atoms with van der Waals surface area (Å²) < 4.78 is 25.9. The van der Waals surface area contributed by atoms with Crippen LogP contribution in [0.25, 0.3) is 0 Å². The van der Waals surface area contributed by atoms with Gasteiger partial charge in [0.2, 0.25) is 0 Å². The SMILES string of the molecule is CC(O)CONC(=O)c1cccc(F)c1F. The standard InChI is InChI=1S/C10H11F2NO3/c1-6(14)5-16-13-10(15)7-3-2-4-8(11)9(7)12/h2-4,6,14H,5H2,1H3,(H,13,15). The van der Waals surface area contributed by atoms with Gasteiger partial charge in [0, 0.05) is 0 Å². The van der Waals surface area contributed by atoms with Gasteiger partial charge in [-0.1, -0.05) is 6.07 Å². The van der Waals surface area contributed by atoms with Gasteiger partial charge in [0.1, 0.15) is 6.61 Å². The van der Waals surface area contributed by atoms with Crippen LogP contribution in [0.4, 0.5) is 8.78 Å². The highest BCUT2D eigenvalue weighted by molar-refractivity contribution is 5.93. The topological polar surface area (TPSA) is 58.6 Å². The smallest absolute Gasteiger partial charge is 0.277 e. The van der Waals surface area contributed by atoms with Crippen LogP contribution < -0.4 is 5.48 Å². The normalized spacial score (nSPS) is 12.2. The lowest BCUT2D eigenvalue weighted by molar-refractivity contribution is -0.00709. The van der Waals surface area contributed by atoms with E-state index in [1.807, 2.05) is 5.48 Å². The van der Waals surface area contributed by atoms with E-state index in [4.69, 9.17) is 5.11 Å². The van der Waals surface area contributed by atoms with E-state index in [-0.39, 0.29) is 6.61 Å². The summed E-state index contributed by atoms with van der Waals surface area (Å²) in [6, 6.07) is 3.24. The van der Waals surface area contributed by atoms with Gasteiger partial charge >= 0.3 is 0 Å². The molecule has 1 rings (SSSR count). The van der Waals surface area contributed by atoms with Crippen molar-refractivity contribution < 1.29 is 23.5 Å². The number of aliphatic hydroxyl groups is 1. The maximum atomic E-state index is 13.1. The molecule has 1 unspecified atom stereocenters. The van der Waals surface area contributed by atoms with Crippen LogP contribution in [-0.2, 0) is 4.84 Å². The second-order valence-corrected chi connectivity index (χ2v) is 3.19. The van der Waals surface area contributed by atoms with Crippen LogP contribution >= 0.6 is 0 Å². The summed E-state index contributed by atoms with van der Waals surface area (Å²) in [5.74, 6) is -3.25. The van der Waals surface area contributed by atoms with Crippen molar-refractivity contribution in [3.05, 3.63) is 35.4 Å². The summed E-state index contributed by atoms with van der Waals surface area (Å²) in [4.78, 5) is 15.8. The van der Waals surface area contributed by atoms with Crippen molar-refractivity contribution in [1.29, 1.82) is 0 Å². The molecule has 0 aromatic heterocycles. The van der Waals surface area contributed by atoms with E-state index >= 15 is 0 Å². The van der Waals surface area contributed by atoms with Crippen LogP contribution in [0, 0.1) is 11.6 Å². The number of hydrogen-bond acceptors (Lipinski definition) is 3. The van der Waals surface area contributed by atoms with E-state index in [0.717, 1.165) is 12.1 Å². The van der Waals surface area contributed by atoms with Gasteiger partial charge in [-0.15, -0.1) is 0 Å². The van der Waals surface area contributed by atoms with Gasteiger partial charge in [-0.3, -0.25) is 9.63 Å². The molecular formula is C10H11F2NO3. The summed E-state index contributed by atoms with van der Waals surface area (Å²) in [7, 11) is 0. The Hall–Kier alpha value is -1.53. The van der Waals surface area contributed by atoms with Crippen molar-refractivity contribution in [1.82, 2.24) is 5.48 Å². The number of hydroxylamine groups is 1. The first-order valence-corrected chi connectivity index (χ1v) is 4.56. The molecular weight excluding hydrogens is 220 g/mol. The van der Waals surface area contributed by atoms with Crippen molar-refractivity contribution in [2.75, 3.05) is 6.61 Å². The molecule has 16 heavy (non-hydrogen) atoms. The molecule has 1 aromatic rings. The molecule has 1 amide bonds. The van der Waals surface area contributed by atoms with Crippen molar-refractivity contribution in [3.8, 4) is 0 Å². The first-order valence-electron chi connectivity index (χ1n) is 4.56. The molecule has 0 aliphatic heterocycles. The molecule has 0 saturated heterocycles. The molecule has 0 radical (unpaired) electrons. The molecule has 6 heteroatoms. The Balaban J connectivity index is 2.63. The Labute approximate surface area is 90.8 Å². The third-order valence-electron chi connectivity index (χ3n) is 1.69. The van der Waals surface area contributed by atoms with Crippen LogP contribution in [0.2, 0.25) is 0 Å². The van der Waals surface area contributed by atoms with E-state index < -0.39 is 29.2 Å². The van der Waals surface area contributed by atoms with Crippen LogP contribution in [-0.4, -0.2) is 23.7 Å². The first-order chi connectivity index (χ1) is 7.52. The maximum Gasteiger partial charge on any atom is 0.277 e. The molecule has 2 N–H and O–H groups in total. The fraction of sp³-hybridized carbons (Fsp3) is 0.300. The Bertz CT molecular complexity index is 382. The second kappa shape index (κ2) is 5.53. The Morgan fingerprint density at radius 3 is 2.88 bits per heavy atom. The second-order valence-electron chi connectivity index (χ2n) is 3.19. The number of rotatable bonds is 4. The molecule has 88 valence electrons. The Kier molecular flexibility index (Phi) is 4.33.